The number of hydrogen-bond acceptors (Lipinski definition) is 1. The fourth-order valence-corrected chi connectivity index (χ4v) is 2.47. The summed E-state index contributed by atoms with van der Waals surface area (Å²) < 4.78 is 0. The van der Waals surface area contributed by atoms with Gasteiger partial charge in [-0.2, -0.15) is 0 Å². The molecule has 0 aromatic heterocycles. The maximum Gasteiger partial charge on any atom is 0.0683 e. The highest BCUT2D eigenvalue weighted by atomic mass is 14.8. The van der Waals surface area contributed by atoms with Crippen LogP contribution in [0.25, 0.3) is 0 Å². The van der Waals surface area contributed by atoms with Gasteiger partial charge in [-0.05, 0) is 37.3 Å². The van der Waals surface area contributed by atoms with Gasteiger partial charge in [0, 0.05) is 5.56 Å². The van der Waals surface area contributed by atoms with E-state index in [0.29, 0.717) is 5.92 Å². The van der Waals surface area contributed by atoms with Crippen LogP contribution in [0.1, 0.15) is 38.3 Å². The highest BCUT2D eigenvalue weighted by molar-refractivity contribution is 6.14. The van der Waals surface area contributed by atoms with E-state index in [0.717, 1.165) is 18.7 Å². The fourth-order valence-electron chi connectivity index (χ4n) is 2.47. The second-order valence-electron chi connectivity index (χ2n) is 5.34. The Kier molecular flexibility index (Phi) is 5.11. The molecule has 0 N–H and O–H groups in total. The number of fused-ring (bicyclic) bond motifs is 1. The lowest BCUT2D eigenvalue weighted by atomic mass is 10.0. The van der Waals surface area contributed by atoms with Crippen molar-refractivity contribution in [3.63, 3.8) is 0 Å². The van der Waals surface area contributed by atoms with Gasteiger partial charge in [0.2, 0.25) is 0 Å². The second-order valence-corrected chi connectivity index (χ2v) is 5.34. The molecule has 2 rings (SSSR count). The van der Waals surface area contributed by atoms with Gasteiger partial charge >= 0.3 is 0 Å². The molecule has 1 nitrogen and oxygen atoms in total. The van der Waals surface area contributed by atoms with Gasteiger partial charge in [-0.1, -0.05) is 61.6 Å². The molecule has 0 bridgehead atoms. The van der Waals surface area contributed by atoms with E-state index in [1.54, 1.807) is 0 Å². The second kappa shape index (κ2) is 7.04. The van der Waals surface area contributed by atoms with Crippen molar-refractivity contribution in [3.8, 4) is 0 Å². The lowest BCUT2D eigenvalue weighted by molar-refractivity contribution is 0.743. The molecule has 104 valence electrons. The normalized spacial score (nSPS) is 16.8. The molecule has 0 amide bonds. The lowest BCUT2D eigenvalue weighted by Crippen LogP contribution is -1.99. The van der Waals surface area contributed by atoms with E-state index in [1.165, 1.54) is 16.7 Å². The van der Waals surface area contributed by atoms with E-state index < -0.39 is 0 Å². The Bertz CT molecular complexity index is 573. The number of aliphatic imine (C=N–C) groups is 1. The van der Waals surface area contributed by atoms with E-state index in [1.807, 2.05) is 0 Å². The van der Waals surface area contributed by atoms with Crippen molar-refractivity contribution in [3.05, 3.63) is 71.3 Å². The summed E-state index contributed by atoms with van der Waals surface area (Å²) in [6, 6.07) is 8.49. The third kappa shape index (κ3) is 3.57. The molecule has 0 radical (unpaired) electrons. The smallest absolute Gasteiger partial charge is 0.0683 e. The molecule has 1 aliphatic heterocycles. The third-order valence-electron chi connectivity index (χ3n) is 3.56. The number of benzene rings is 1. The van der Waals surface area contributed by atoms with Gasteiger partial charge in [0.25, 0.3) is 0 Å². The molecule has 1 unspecified atom stereocenters. The number of rotatable bonds is 5. The van der Waals surface area contributed by atoms with Crippen molar-refractivity contribution in [2.75, 3.05) is 0 Å². The van der Waals surface area contributed by atoms with Crippen LogP contribution in [-0.2, 0) is 6.54 Å². The Hall–Kier alpha value is -1.89. The molecule has 0 spiro atoms. The largest absolute Gasteiger partial charge is 0.280 e. The Morgan fingerprint density at radius 2 is 2.15 bits per heavy atom. The van der Waals surface area contributed by atoms with Gasteiger partial charge in [-0.25, -0.2) is 0 Å². The Morgan fingerprint density at radius 3 is 2.95 bits per heavy atom. The number of allylic oxidation sites excluding steroid dienone is 6. The van der Waals surface area contributed by atoms with E-state index in [2.05, 4.69) is 80.4 Å². The van der Waals surface area contributed by atoms with Gasteiger partial charge in [-0.3, -0.25) is 4.99 Å². The summed E-state index contributed by atoms with van der Waals surface area (Å²) in [6.45, 7) is 7.26. The first-order chi connectivity index (χ1) is 9.72. The molecule has 1 heteroatoms. The predicted molar refractivity (Wildman–Crippen MR) is 88.2 cm³/mol. The lowest BCUT2D eigenvalue weighted by Gasteiger charge is -2.03. The molecule has 0 aliphatic carbocycles. The minimum absolute atomic E-state index is 0.606. The highest BCUT2D eigenvalue weighted by Crippen LogP contribution is 2.22. The van der Waals surface area contributed by atoms with Crippen LogP contribution in [0, 0.1) is 5.92 Å². The summed E-state index contributed by atoms with van der Waals surface area (Å²) in [6.07, 6.45) is 12.0. The molecule has 1 aromatic rings. The molecule has 1 atom stereocenters. The summed E-state index contributed by atoms with van der Waals surface area (Å²) in [7, 11) is 0. The van der Waals surface area contributed by atoms with Crippen molar-refractivity contribution < 1.29 is 0 Å². The molecule has 1 aliphatic rings. The summed E-state index contributed by atoms with van der Waals surface area (Å²) in [4.78, 5) is 4.65. The monoisotopic (exact) mass is 265 g/mol. The van der Waals surface area contributed by atoms with Crippen molar-refractivity contribution in [1.82, 2.24) is 0 Å². The molecule has 20 heavy (non-hydrogen) atoms. The first kappa shape index (κ1) is 14.5. The van der Waals surface area contributed by atoms with Crippen LogP contribution in [0.3, 0.4) is 0 Å². The summed E-state index contributed by atoms with van der Waals surface area (Å²) in [5.74, 6) is 0.606. The predicted octanol–water partition coefficient (Wildman–Crippen LogP) is 5.09. The van der Waals surface area contributed by atoms with E-state index in [9.17, 15) is 0 Å². The zero-order valence-corrected chi connectivity index (χ0v) is 12.6. The molecule has 0 saturated heterocycles. The van der Waals surface area contributed by atoms with Crippen LogP contribution < -0.4 is 0 Å². The van der Waals surface area contributed by atoms with Crippen LogP contribution in [0.2, 0.25) is 0 Å². The average Bonchev–Trinajstić information content (AvgIpc) is 2.87. The zero-order chi connectivity index (χ0) is 14.4. The van der Waals surface area contributed by atoms with E-state index in [4.69, 9.17) is 0 Å². The minimum Gasteiger partial charge on any atom is -0.280 e. The molecule has 0 saturated carbocycles. The molecule has 1 aromatic carbocycles. The highest BCUT2D eigenvalue weighted by Gasteiger charge is 2.15. The van der Waals surface area contributed by atoms with E-state index in [-0.39, 0.29) is 0 Å². The van der Waals surface area contributed by atoms with Crippen LogP contribution >= 0.6 is 0 Å². The van der Waals surface area contributed by atoms with Gasteiger partial charge in [0.05, 0.1) is 12.3 Å². The maximum atomic E-state index is 4.65. The summed E-state index contributed by atoms with van der Waals surface area (Å²) >= 11 is 0. The van der Waals surface area contributed by atoms with Gasteiger partial charge in [0.15, 0.2) is 0 Å². The standard InChI is InChI=1S/C19H23N/c1-4-9-15(2)10-5-6-11-16(3)19-18-13-8-7-12-17(18)14-20-19/h4-9,11-13,15H,10,14H2,1-3H3/b6-5-,9-4?,16-11+. The Labute approximate surface area is 122 Å². The fraction of sp³-hybridized carbons (Fsp3) is 0.316. The summed E-state index contributed by atoms with van der Waals surface area (Å²) in [5, 5.41) is 0. The van der Waals surface area contributed by atoms with Gasteiger partial charge in [-0.15, -0.1) is 0 Å². The van der Waals surface area contributed by atoms with Gasteiger partial charge in [0.1, 0.15) is 0 Å². The van der Waals surface area contributed by atoms with E-state index >= 15 is 0 Å². The van der Waals surface area contributed by atoms with Crippen molar-refractivity contribution in [2.24, 2.45) is 10.9 Å². The first-order valence-electron chi connectivity index (χ1n) is 7.31. The van der Waals surface area contributed by atoms with Crippen LogP contribution in [-0.4, -0.2) is 5.71 Å². The third-order valence-corrected chi connectivity index (χ3v) is 3.56. The SMILES string of the molecule is CC=CC(C)C/C=C\C=C(/C)C1=NCc2ccccc21. The maximum absolute atomic E-state index is 4.65. The van der Waals surface area contributed by atoms with Crippen molar-refractivity contribution in [1.29, 1.82) is 0 Å². The van der Waals surface area contributed by atoms with Crippen LogP contribution in [0.15, 0.2) is 65.2 Å². The number of hydrogen-bond donors (Lipinski definition) is 0. The first-order valence-corrected chi connectivity index (χ1v) is 7.31. The van der Waals surface area contributed by atoms with Crippen LogP contribution in [0.4, 0.5) is 0 Å². The van der Waals surface area contributed by atoms with Crippen molar-refractivity contribution >= 4 is 5.71 Å². The summed E-state index contributed by atoms with van der Waals surface area (Å²) in [5.41, 5.74) is 5.01. The zero-order valence-electron chi connectivity index (χ0n) is 12.6. The topological polar surface area (TPSA) is 12.4 Å². The Balaban J connectivity index is 2.00. The molecular formula is C19H23N. The van der Waals surface area contributed by atoms with Crippen molar-refractivity contribution in [2.45, 2.75) is 33.7 Å². The molecule has 0 fully saturated rings. The van der Waals surface area contributed by atoms with Crippen LogP contribution in [0.5, 0.6) is 0 Å². The molecule has 1 heterocycles. The average molecular weight is 265 g/mol. The van der Waals surface area contributed by atoms with Gasteiger partial charge < -0.3 is 0 Å². The quantitative estimate of drug-likeness (QED) is 0.519. The Morgan fingerprint density at radius 1 is 1.35 bits per heavy atom. The minimum atomic E-state index is 0.606. The molecular weight excluding hydrogens is 242 g/mol. The number of nitrogens with zero attached hydrogens (tertiary/aromatic N) is 1.